The summed E-state index contributed by atoms with van der Waals surface area (Å²) in [6.07, 6.45) is 2.07. The topological polar surface area (TPSA) is 26.3 Å². The first kappa shape index (κ1) is 15.5. The minimum atomic E-state index is -0.437. The second-order valence-corrected chi connectivity index (χ2v) is 6.03. The first-order chi connectivity index (χ1) is 7.04. The molecule has 0 aliphatic heterocycles. The molecule has 16 heavy (non-hydrogen) atoms. The van der Waals surface area contributed by atoms with Gasteiger partial charge in [0.25, 0.3) is 0 Å². The second-order valence-electron chi connectivity index (χ2n) is 6.03. The van der Waals surface area contributed by atoms with Crippen LogP contribution in [-0.2, 0) is 9.53 Å². The average molecular weight is 228 g/mol. The second kappa shape index (κ2) is 4.77. The molecule has 0 saturated carbocycles. The van der Waals surface area contributed by atoms with E-state index in [9.17, 15) is 4.79 Å². The first-order valence-corrected chi connectivity index (χ1v) is 6.23. The van der Waals surface area contributed by atoms with Gasteiger partial charge in [0.05, 0.1) is 0 Å². The van der Waals surface area contributed by atoms with E-state index in [1.54, 1.807) is 0 Å². The van der Waals surface area contributed by atoms with Gasteiger partial charge in [-0.15, -0.1) is 0 Å². The summed E-state index contributed by atoms with van der Waals surface area (Å²) in [7, 11) is 0. The zero-order valence-electron chi connectivity index (χ0n) is 12.2. The Morgan fingerprint density at radius 3 is 1.69 bits per heavy atom. The van der Waals surface area contributed by atoms with Crippen molar-refractivity contribution in [2.24, 2.45) is 10.8 Å². The lowest BCUT2D eigenvalue weighted by molar-refractivity contribution is -0.181. The van der Waals surface area contributed by atoms with Gasteiger partial charge in [-0.25, -0.2) is 0 Å². The molecule has 2 heteroatoms. The lowest BCUT2D eigenvalue weighted by atomic mass is 9.56. The van der Waals surface area contributed by atoms with E-state index in [1.165, 1.54) is 6.92 Å². The summed E-state index contributed by atoms with van der Waals surface area (Å²) in [5, 5.41) is 0. The van der Waals surface area contributed by atoms with Crippen LogP contribution in [0.15, 0.2) is 0 Å². The molecule has 0 spiro atoms. The van der Waals surface area contributed by atoms with E-state index in [4.69, 9.17) is 4.74 Å². The molecule has 1 atom stereocenters. The summed E-state index contributed by atoms with van der Waals surface area (Å²) in [5.41, 5.74) is -0.325. The summed E-state index contributed by atoms with van der Waals surface area (Å²) in [5.74, 6) is -0.198. The lowest BCUT2D eigenvalue weighted by Crippen LogP contribution is -2.52. The molecule has 0 N–H and O–H groups in total. The number of rotatable bonds is 5. The molecule has 0 aliphatic rings. The summed E-state index contributed by atoms with van der Waals surface area (Å²) in [6, 6.07) is 0. The molecular formula is C14H28O2. The van der Waals surface area contributed by atoms with E-state index in [-0.39, 0.29) is 16.8 Å². The van der Waals surface area contributed by atoms with Gasteiger partial charge in [0.2, 0.25) is 0 Å². The van der Waals surface area contributed by atoms with Crippen LogP contribution in [-0.4, -0.2) is 11.6 Å². The van der Waals surface area contributed by atoms with Crippen molar-refractivity contribution in [3.8, 4) is 0 Å². The van der Waals surface area contributed by atoms with E-state index in [1.807, 2.05) is 13.8 Å². The Morgan fingerprint density at radius 2 is 1.44 bits per heavy atom. The maximum Gasteiger partial charge on any atom is 0.303 e. The lowest BCUT2D eigenvalue weighted by Gasteiger charge is -2.52. The molecule has 0 aromatic rings. The van der Waals surface area contributed by atoms with E-state index in [2.05, 4.69) is 34.6 Å². The average Bonchev–Trinajstić information content (AvgIpc) is 2.13. The van der Waals surface area contributed by atoms with Gasteiger partial charge in [0, 0.05) is 12.3 Å². The minimum Gasteiger partial charge on any atom is -0.459 e. The van der Waals surface area contributed by atoms with Crippen molar-refractivity contribution in [2.75, 3.05) is 0 Å². The van der Waals surface area contributed by atoms with Crippen molar-refractivity contribution in [3.05, 3.63) is 0 Å². The zero-order chi connectivity index (χ0) is 13.2. The molecule has 2 nitrogen and oxygen atoms in total. The van der Waals surface area contributed by atoms with Crippen molar-refractivity contribution in [3.63, 3.8) is 0 Å². The highest BCUT2D eigenvalue weighted by atomic mass is 16.6. The van der Waals surface area contributed by atoms with Gasteiger partial charge in [-0.3, -0.25) is 4.79 Å². The molecule has 1 unspecified atom stereocenters. The van der Waals surface area contributed by atoms with Gasteiger partial charge in [0.1, 0.15) is 5.60 Å². The quantitative estimate of drug-likeness (QED) is 0.660. The van der Waals surface area contributed by atoms with Crippen LogP contribution in [0.5, 0.6) is 0 Å². The Labute approximate surface area is 101 Å². The van der Waals surface area contributed by atoms with Crippen LogP contribution < -0.4 is 0 Å². The first-order valence-electron chi connectivity index (χ1n) is 6.23. The molecule has 0 radical (unpaired) electrons. The van der Waals surface area contributed by atoms with Crippen LogP contribution in [0, 0.1) is 10.8 Å². The third-order valence-electron chi connectivity index (χ3n) is 4.81. The standard InChI is InChI=1S/C14H28O2/c1-9-12(4,5)14(8,10-2)13(6,7)16-11(3)15/h9-10H2,1-8H3. The van der Waals surface area contributed by atoms with Crippen LogP contribution >= 0.6 is 0 Å². The number of ether oxygens (including phenoxy) is 1. The van der Waals surface area contributed by atoms with E-state index < -0.39 is 5.60 Å². The van der Waals surface area contributed by atoms with Crippen LogP contribution in [0.3, 0.4) is 0 Å². The van der Waals surface area contributed by atoms with Crippen molar-refractivity contribution in [1.29, 1.82) is 0 Å². The van der Waals surface area contributed by atoms with Crippen molar-refractivity contribution in [1.82, 2.24) is 0 Å². The maximum atomic E-state index is 11.2. The molecule has 0 amide bonds. The largest absolute Gasteiger partial charge is 0.459 e. The van der Waals surface area contributed by atoms with Gasteiger partial charge in [-0.05, 0) is 25.7 Å². The summed E-state index contributed by atoms with van der Waals surface area (Å²) in [4.78, 5) is 11.2. The maximum absolute atomic E-state index is 11.2. The van der Waals surface area contributed by atoms with Gasteiger partial charge in [0.15, 0.2) is 0 Å². The third kappa shape index (κ3) is 2.58. The predicted molar refractivity (Wildman–Crippen MR) is 68.3 cm³/mol. The highest BCUT2D eigenvalue weighted by Gasteiger charge is 2.51. The molecule has 0 aliphatic carbocycles. The van der Waals surface area contributed by atoms with Crippen LogP contribution in [0.2, 0.25) is 0 Å². The Kier molecular flexibility index (Phi) is 4.61. The molecule has 96 valence electrons. The molecule has 0 fully saturated rings. The summed E-state index contributed by atoms with van der Waals surface area (Å²) < 4.78 is 5.54. The normalized spacial score (nSPS) is 16.8. The zero-order valence-corrected chi connectivity index (χ0v) is 12.2. The fourth-order valence-corrected chi connectivity index (χ4v) is 2.58. The van der Waals surface area contributed by atoms with Crippen molar-refractivity contribution in [2.45, 2.75) is 73.8 Å². The Bertz CT molecular complexity index is 253. The fourth-order valence-electron chi connectivity index (χ4n) is 2.58. The monoisotopic (exact) mass is 228 g/mol. The number of hydrogen-bond acceptors (Lipinski definition) is 2. The fraction of sp³-hybridized carbons (Fsp3) is 0.929. The highest BCUT2D eigenvalue weighted by Crippen LogP contribution is 2.52. The number of carbonyl (C=O) groups excluding carboxylic acids is 1. The highest BCUT2D eigenvalue weighted by molar-refractivity contribution is 5.66. The van der Waals surface area contributed by atoms with Crippen LogP contribution in [0.25, 0.3) is 0 Å². The van der Waals surface area contributed by atoms with Crippen molar-refractivity contribution >= 4 is 5.97 Å². The Balaban J connectivity index is 5.31. The summed E-state index contributed by atoms with van der Waals surface area (Å²) in [6.45, 7) is 16.6. The van der Waals surface area contributed by atoms with Gasteiger partial charge >= 0.3 is 5.97 Å². The molecule has 0 saturated heterocycles. The molecule has 0 bridgehead atoms. The molecule has 0 aromatic carbocycles. The minimum absolute atomic E-state index is 0.0274. The molecule has 0 rings (SSSR count). The predicted octanol–water partition coefficient (Wildman–Crippen LogP) is 4.18. The number of hydrogen-bond donors (Lipinski definition) is 0. The molecule has 0 aromatic heterocycles. The third-order valence-corrected chi connectivity index (χ3v) is 4.81. The van der Waals surface area contributed by atoms with Crippen LogP contribution in [0.4, 0.5) is 0 Å². The Hall–Kier alpha value is -0.530. The SMILES string of the molecule is CCC(C)(C)C(C)(CC)C(C)(C)OC(C)=O. The van der Waals surface area contributed by atoms with Crippen LogP contribution in [0.1, 0.15) is 68.2 Å². The van der Waals surface area contributed by atoms with Gasteiger partial charge < -0.3 is 4.74 Å². The van der Waals surface area contributed by atoms with Gasteiger partial charge in [-0.2, -0.15) is 0 Å². The van der Waals surface area contributed by atoms with Gasteiger partial charge in [-0.1, -0.05) is 41.0 Å². The smallest absolute Gasteiger partial charge is 0.303 e. The number of esters is 1. The van der Waals surface area contributed by atoms with E-state index in [0.717, 1.165) is 12.8 Å². The summed E-state index contributed by atoms with van der Waals surface area (Å²) >= 11 is 0. The van der Waals surface area contributed by atoms with E-state index in [0.29, 0.717) is 0 Å². The molecular weight excluding hydrogens is 200 g/mol. The Morgan fingerprint density at radius 1 is 1.00 bits per heavy atom. The van der Waals surface area contributed by atoms with E-state index >= 15 is 0 Å². The molecule has 0 heterocycles. The van der Waals surface area contributed by atoms with Crippen molar-refractivity contribution < 1.29 is 9.53 Å². The number of carbonyl (C=O) groups is 1.